The highest BCUT2D eigenvalue weighted by Gasteiger charge is 2.50. The summed E-state index contributed by atoms with van der Waals surface area (Å²) in [6, 6.07) is 0. The molecule has 2 N–H and O–H groups in total. The van der Waals surface area contributed by atoms with Gasteiger partial charge in [0.05, 0.1) is 6.10 Å². The molecule has 0 saturated heterocycles. The van der Waals surface area contributed by atoms with Crippen LogP contribution >= 0.6 is 0 Å². The topological polar surface area (TPSA) is 66.8 Å². The first-order valence-electron chi connectivity index (χ1n) is 10.7. The second-order valence-electron chi connectivity index (χ2n) is 9.91. The Bertz CT molecular complexity index is 705. The predicted octanol–water partition coefficient (Wildman–Crippen LogP) is 4.67. The summed E-state index contributed by atoms with van der Waals surface area (Å²) in [5.41, 5.74) is 3.20. The van der Waals surface area contributed by atoms with Gasteiger partial charge in [-0.3, -0.25) is 0 Å². The lowest BCUT2D eigenvalue weighted by molar-refractivity contribution is -0.152. The zero-order valence-electron chi connectivity index (χ0n) is 17.8. The zero-order chi connectivity index (χ0) is 20.7. The molecule has 1 saturated carbocycles. The minimum Gasteiger partial charge on any atom is -0.429 e. The van der Waals surface area contributed by atoms with Crippen molar-refractivity contribution in [3.05, 3.63) is 35.5 Å². The Labute approximate surface area is 169 Å². The standard InChI is InChI=1S/C24H36O4/c1-15(2)10-12-24(5)16(3)8-9-18-19(24)7-6-11-23(18,4)14-20(25)17-13-21(26)28-22(17)27/h7,13,16,18,20,22,25,27H,1,6,8-12,14H2,2-5H3/t16-,18+,20+,22?,23-,24+/m1/s1. The fourth-order valence-corrected chi connectivity index (χ4v) is 5.75. The van der Waals surface area contributed by atoms with Gasteiger partial charge >= 0.3 is 5.97 Å². The molecule has 0 amide bonds. The van der Waals surface area contributed by atoms with Crippen LogP contribution in [0.15, 0.2) is 35.5 Å². The number of carbonyl (C=O) groups excluding carboxylic acids is 1. The van der Waals surface area contributed by atoms with Crippen LogP contribution in [0.25, 0.3) is 0 Å². The number of fused-ring (bicyclic) bond motifs is 1. The number of aliphatic hydroxyl groups is 2. The second kappa shape index (κ2) is 7.79. The van der Waals surface area contributed by atoms with Crippen molar-refractivity contribution in [2.45, 2.75) is 85.0 Å². The van der Waals surface area contributed by atoms with Crippen molar-refractivity contribution >= 4 is 5.97 Å². The van der Waals surface area contributed by atoms with Crippen molar-refractivity contribution in [1.29, 1.82) is 0 Å². The summed E-state index contributed by atoms with van der Waals surface area (Å²) in [6.45, 7) is 13.3. The van der Waals surface area contributed by atoms with Gasteiger partial charge in [0.2, 0.25) is 6.29 Å². The van der Waals surface area contributed by atoms with Gasteiger partial charge in [0, 0.05) is 11.6 Å². The first kappa shape index (κ1) is 21.3. The third kappa shape index (κ3) is 3.86. The van der Waals surface area contributed by atoms with E-state index in [1.54, 1.807) is 5.57 Å². The number of hydrogen-bond donors (Lipinski definition) is 2. The summed E-state index contributed by atoms with van der Waals surface area (Å²) in [5.74, 6) is 0.486. The largest absolute Gasteiger partial charge is 0.429 e. The maximum Gasteiger partial charge on any atom is 0.333 e. The third-order valence-corrected chi connectivity index (χ3v) is 7.84. The molecular weight excluding hydrogens is 352 g/mol. The van der Waals surface area contributed by atoms with Crippen LogP contribution < -0.4 is 0 Å². The van der Waals surface area contributed by atoms with E-state index < -0.39 is 18.4 Å². The normalized spacial score (nSPS) is 38.9. The Morgan fingerprint density at radius 1 is 1.39 bits per heavy atom. The van der Waals surface area contributed by atoms with Crippen LogP contribution in [0, 0.1) is 22.7 Å². The quantitative estimate of drug-likeness (QED) is 0.512. The number of esters is 1. The van der Waals surface area contributed by atoms with E-state index in [1.807, 2.05) is 0 Å². The summed E-state index contributed by atoms with van der Waals surface area (Å²) in [7, 11) is 0. The van der Waals surface area contributed by atoms with Gasteiger partial charge in [-0.25, -0.2) is 4.79 Å². The van der Waals surface area contributed by atoms with Crippen LogP contribution in [-0.4, -0.2) is 28.6 Å². The summed E-state index contributed by atoms with van der Waals surface area (Å²) in [5, 5.41) is 20.7. The molecule has 0 spiro atoms. The van der Waals surface area contributed by atoms with Gasteiger partial charge < -0.3 is 14.9 Å². The first-order valence-corrected chi connectivity index (χ1v) is 10.7. The molecule has 0 radical (unpaired) electrons. The summed E-state index contributed by atoms with van der Waals surface area (Å²) in [6.07, 6.45) is 8.61. The van der Waals surface area contributed by atoms with E-state index in [0.29, 0.717) is 23.8 Å². The van der Waals surface area contributed by atoms with Gasteiger partial charge in [0.25, 0.3) is 0 Å². The van der Waals surface area contributed by atoms with E-state index in [0.717, 1.165) is 32.1 Å². The molecule has 2 aliphatic carbocycles. The lowest BCUT2D eigenvalue weighted by Crippen LogP contribution is -2.45. The van der Waals surface area contributed by atoms with E-state index in [-0.39, 0.29) is 10.8 Å². The molecule has 28 heavy (non-hydrogen) atoms. The van der Waals surface area contributed by atoms with Crippen molar-refractivity contribution in [3.63, 3.8) is 0 Å². The van der Waals surface area contributed by atoms with Crippen molar-refractivity contribution in [2.75, 3.05) is 0 Å². The number of aliphatic hydroxyl groups excluding tert-OH is 2. The smallest absolute Gasteiger partial charge is 0.333 e. The molecule has 0 bridgehead atoms. The van der Waals surface area contributed by atoms with Gasteiger partial charge in [0.1, 0.15) is 0 Å². The van der Waals surface area contributed by atoms with Crippen LogP contribution in [0.3, 0.4) is 0 Å². The Morgan fingerprint density at radius 3 is 2.71 bits per heavy atom. The highest BCUT2D eigenvalue weighted by molar-refractivity contribution is 5.85. The first-order chi connectivity index (χ1) is 13.1. The third-order valence-electron chi connectivity index (χ3n) is 7.84. The molecule has 1 fully saturated rings. The number of rotatable bonds is 6. The van der Waals surface area contributed by atoms with E-state index in [9.17, 15) is 15.0 Å². The highest BCUT2D eigenvalue weighted by Crippen LogP contribution is 2.59. The predicted molar refractivity (Wildman–Crippen MR) is 110 cm³/mol. The van der Waals surface area contributed by atoms with Crippen LogP contribution in [0.5, 0.6) is 0 Å². The van der Waals surface area contributed by atoms with Crippen molar-refractivity contribution in [3.8, 4) is 0 Å². The van der Waals surface area contributed by atoms with Crippen LogP contribution in [0.1, 0.15) is 72.6 Å². The fraction of sp³-hybridized carbons (Fsp3) is 0.708. The number of carbonyl (C=O) groups is 1. The van der Waals surface area contributed by atoms with E-state index in [2.05, 4.69) is 40.3 Å². The zero-order valence-corrected chi connectivity index (χ0v) is 17.8. The summed E-state index contributed by atoms with van der Waals surface area (Å²) >= 11 is 0. The van der Waals surface area contributed by atoms with E-state index in [1.165, 1.54) is 18.1 Å². The molecule has 3 rings (SSSR count). The lowest BCUT2D eigenvalue weighted by Gasteiger charge is -2.54. The Morgan fingerprint density at radius 2 is 2.11 bits per heavy atom. The van der Waals surface area contributed by atoms with E-state index >= 15 is 0 Å². The molecule has 6 atom stereocenters. The number of hydrogen-bond acceptors (Lipinski definition) is 4. The molecule has 4 heteroatoms. The van der Waals surface area contributed by atoms with Gasteiger partial charge in [-0.1, -0.05) is 38.0 Å². The van der Waals surface area contributed by atoms with Crippen LogP contribution in [0.4, 0.5) is 0 Å². The number of cyclic esters (lactones) is 1. The Hall–Kier alpha value is -1.39. The number of ether oxygens (including phenoxy) is 1. The van der Waals surface area contributed by atoms with Gasteiger partial charge in [-0.2, -0.15) is 0 Å². The summed E-state index contributed by atoms with van der Waals surface area (Å²) < 4.78 is 4.77. The number of allylic oxidation sites excluding steroid dienone is 3. The van der Waals surface area contributed by atoms with Gasteiger partial charge in [-0.05, 0) is 74.5 Å². The molecule has 3 aliphatic rings. The van der Waals surface area contributed by atoms with Gasteiger partial charge in [-0.15, -0.1) is 6.58 Å². The molecule has 0 aromatic rings. The Balaban J connectivity index is 1.83. The molecule has 1 aliphatic heterocycles. The second-order valence-corrected chi connectivity index (χ2v) is 9.91. The molecular formula is C24H36O4. The SMILES string of the molecule is C=C(C)CC[C@]1(C)C2=CCC[C@](C)(C[C@H](O)C3=CC(=O)OC3O)[C@H]2CC[C@H]1C. The molecule has 0 aromatic heterocycles. The minimum atomic E-state index is -1.31. The van der Waals surface area contributed by atoms with Gasteiger partial charge in [0.15, 0.2) is 0 Å². The monoisotopic (exact) mass is 388 g/mol. The molecule has 1 unspecified atom stereocenters. The highest BCUT2D eigenvalue weighted by atomic mass is 16.6. The van der Waals surface area contributed by atoms with Crippen LogP contribution in [-0.2, 0) is 9.53 Å². The molecule has 0 aromatic carbocycles. The van der Waals surface area contributed by atoms with E-state index in [4.69, 9.17) is 4.74 Å². The average molecular weight is 389 g/mol. The lowest BCUT2D eigenvalue weighted by atomic mass is 9.50. The Kier molecular flexibility index (Phi) is 5.94. The molecule has 1 heterocycles. The van der Waals surface area contributed by atoms with Crippen molar-refractivity contribution in [2.24, 2.45) is 22.7 Å². The molecule has 156 valence electrons. The van der Waals surface area contributed by atoms with Crippen molar-refractivity contribution < 1.29 is 19.7 Å². The minimum absolute atomic E-state index is 0.0552. The van der Waals surface area contributed by atoms with Crippen molar-refractivity contribution in [1.82, 2.24) is 0 Å². The maximum absolute atomic E-state index is 11.4. The fourth-order valence-electron chi connectivity index (χ4n) is 5.75. The molecule has 4 nitrogen and oxygen atoms in total. The summed E-state index contributed by atoms with van der Waals surface area (Å²) in [4.78, 5) is 11.4. The maximum atomic E-state index is 11.4. The van der Waals surface area contributed by atoms with Crippen LogP contribution in [0.2, 0.25) is 0 Å². The average Bonchev–Trinajstić information content (AvgIpc) is 2.95.